The lowest BCUT2D eigenvalue weighted by Crippen LogP contribution is -2.36. The van der Waals surface area contributed by atoms with Crippen molar-refractivity contribution in [1.82, 2.24) is 5.32 Å². The first-order valence-corrected chi connectivity index (χ1v) is 6.96. The van der Waals surface area contributed by atoms with Crippen LogP contribution in [0.2, 0.25) is 0 Å². The second-order valence-electron chi connectivity index (χ2n) is 5.86. The van der Waals surface area contributed by atoms with Crippen LogP contribution in [0.15, 0.2) is 28.7 Å². The molecule has 1 aliphatic rings. The van der Waals surface area contributed by atoms with Crippen molar-refractivity contribution < 1.29 is 9.15 Å². The lowest BCUT2D eigenvalue weighted by atomic mass is 9.70. The Bertz CT molecular complexity index is 569. The van der Waals surface area contributed by atoms with Gasteiger partial charge in [0.05, 0.1) is 13.7 Å². The van der Waals surface area contributed by atoms with E-state index in [0.717, 1.165) is 35.6 Å². The van der Waals surface area contributed by atoms with Crippen molar-refractivity contribution in [1.29, 1.82) is 0 Å². The summed E-state index contributed by atoms with van der Waals surface area (Å²) in [4.78, 5) is 0. The molecule has 102 valence electrons. The first kappa shape index (κ1) is 12.5. The van der Waals surface area contributed by atoms with Gasteiger partial charge in [0.25, 0.3) is 0 Å². The first-order chi connectivity index (χ1) is 9.20. The molecule has 0 spiro atoms. The summed E-state index contributed by atoms with van der Waals surface area (Å²) in [7, 11) is 1.67. The fraction of sp³-hybridized carbons (Fsp3) is 0.500. The highest BCUT2D eigenvalue weighted by Crippen LogP contribution is 2.39. The summed E-state index contributed by atoms with van der Waals surface area (Å²) in [6.45, 7) is 4.21. The summed E-state index contributed by atoms with van der Waals surface area (Å²) < 4.78 is 11.2. The summed E-state index contributed by atoms with van der Waals surface area (Å²) in [5.41, 5.74) is 1.35. The predicted octanol–water partition coefficient (Wildman–Crippen LogP) is 3.72. The number of rotatable bonds is 5. The third kappa shape index (κ3) is 2.47. The van der Waals surface area contributed by atoms with Gasteiger partial charge < -0.3 is 14.5 Å². The average Bonchev–Trinajstić information content (AvgIpc) is 2.79. The molecule has 2 aromatic rings. The quantitative estimate of drug-likeness (QED) is 0.888. The highest BCUT2D eigenvalue weighted by Gasteiger charge is 2.30. The van der Waals surface area contributed by atoms with Crippen LogP contribution in [0, 0.1) is 5.41 Å². The van der Waals surface area contributed by atoms with E-state index in [1.54, 1.807) is 7.11 Å². The number of nitrogens with one attached hydrogen (secondary N) is 1. The molecule has 1 aromatic heterocycles. The Kier molecular flexibility index (Phi) is 3.23. The highest BCUT2D eigenvalue weighted by atomic mass is 16.5. The van der Waals surface area contributed by atoms with E-state index in [1.807, 2.05) is 12.1 Å². The molecule has 1 saturated carbocycles. The molecular formula is C16H21NO2. The van der Waals surface area contributed by atoms with Gasteiger partial charge >= 0.3 is 0 Å². The van der Waals surface area contributed by atoms with Crippen molar-refractivity contribution in [2.45, 2.75) is 32.7 Å². The van der Waals surface area contributed by atoms with Gasteiger partial charge in [0.15, 0.2) is 11.3 Å². The summed E-state index contributed by atoms with van der Waals surface area (Å²) >= 11 is 0. The Balaban J connectivity index is 1.68. The summed E-state index contributed by atoms with van der Waals surface area (Å²) in [5, 5.41) is 4.61. The Hall–Kier alpha value is -1.48. The lowest BCUT2D eigenvalue weighted by Gasteiger charge is -2.38. The van der Waals surface area contributed by atoms with Crippen molar-refractivity contribution in [2.24, 2.45) is 5.41 Å². The molecule has 3 nitrogen and oxygen atoms in total. The molecule has 0 unspecified atom stereocenters. The van der Waals surface area contributed by atoms with Crippen LogP contribution in [-0.2, 0) is 6.54 Å². The monoisotopic (exact) mass is 259 g/mol. The molecule has 1 aliphatic carbocycles. The van der Waals surface area contributed by atoms with E-state index >= 15 is 0 Å². The normalized spacial score (nSPS) is 17.4. The van der Waals surface area contributed by atoms with E-state index in [4.69, 9.17) is 9.15 Å². The van der Waals surface area contributed by atoms with Crippen LogP contribution in [0.5, 0.6) is 5.75 Å². The lowest BCUT2D eigenvalue weighted by molar-refractivity contribution is 0.155. The van der Waals surface area contributed by atoms with Crippen LogP contribution >= 0.6 is 0 Å². The number of benzene rings is 1. The Morgan fingerprint density at radius 1 is 1.37 bits per heavy atom. The van der Waals surface area contributed by atoms with Crippen molar-refractivity contribution >= 4 is 11.0 Å². The van der Waals surface area contributed by atoms with Crippen LogP contribution in [0.3, 0.4) is 0 Å². The van der Waals surface area contributed by atoms with Crippen LogP contribution in [-0.4, -0.2) is 13.7 Å². The SMILES string of the molecule is COc1cccc2cc(CNCC3(C)CCC3)oc12. The van der Waals surface area contributed by atoms with Gasteiger partial charge in [-0.2, -0.15) is 0 Å². The number of hydrogen-bond acceptors (Lipinski definition) is 3. The smallest absolute Gasteiger partial charge is 0.176 e. The van der Waals surface area contributed by atoms with E-state index < -0.39 is 0 Å². The summed E-state index contributed by atoms with van der Waals surface area (Å²) in [5.74, 6) is 1.78. The molecule has 0 aliphatic heterocycles. The largest absolute Gasteiger partial charge is 0.493 e. The maximum absolute atomic E-state index is 5.87. The maximum Gasteiger partial charge on any atom is 0.176 e. The third-order valence-corrected chi connectivity index (χ3v) is 4.19. The zero-order chi connectivity index (χ0) is 13.3. The highest BCUT2D eigenvalue weighted by molar-refractivity contribution is 5.83. The van der Waals surface area contributed by atoms with Crippen LogP contribution < -0.4 is 10.1 Å². The number of para-hydroxylation sites is 1. The minimum Gasteiger partial charge on any atom is -0.493 e. The van der Waals surface area contributed by atoms with Gasteiger partial charge in [0.2, 0.25) is 0 Å². The molecule has 1 fully saturated rings. The summed E-state index contributed by atoms with van der Waals surface area (Å²) in [6.07, 6.45) is 4.06. The number of furan rings is 1. The maximum atomic E-state index is 5.87. The van der Waals surface area contributed by atoms with Crippen LogP contribution in [0.1, 0.15) is 31.9 Å². The van der Waals surface area contributed by atoms with Crippen LogP contribution in [0.4, 0.5) is 0 Å². The average molecular weight is 259 g/mol. The van der Waals surface area contributed by atoms with Gasteiger partial charge in [-0.05, 0) is 30.4 Å². The fourth-order valence-corrected chi connectivity index (χ4v) is 2.78. The van der Waals surface area contributed by atoms with E-state index in [9.17, 15) is 0 Å². The molecule has 0 radical (unpaired) electrons. The van der Waals surface area contributed by atoms with E-state index in [2.05, 4.69) is 24.4 Å². The molecule has 3 rings (SSSR count). The van der Waals surface area contributed by atoms with E-state index in [1.165, 1.54) is 19.3 Å². The molecule has 1 aromatic carbocycles. The van der Waals surface area contributed by atoms with Crippen molar-refractivity contribution in [3.8, 4) is 5.75 Å². The van der Waals surface area contributed by atoms with E-state index in [0.29, 0.717) is 5.41 Å². The van der Waals surface area contributed by atoms with Crippen LogP contribution in [0.25, 0.3) is 11.0 Å². The van der Waals surface area contributed by atoms with Crippen molar-refractivity contribution in [3.05, 3.63) is 30.0 Å². The Morgan fingerprint density at radius 2 is 2.21 bits per heavy atom. The molecule has 1 heterocycles. The van der Waals surface area contributed by atoms with E-state index in [-0.39, 0.29) is 0 Å². The van der Waals surface area contributed by atoms with Crippen molar-refractivity contribution in [2.75, 3.05) is 13.7 Å². The van der Waals surface area contributed by atoms with Gasteiger partial charge in [-0.3, -0.25) is 0 Å². The van der Waals surface area contributed by atoms with Gasteiger partial charge in [-0.15, -0.1) is 0 Å². The fourth-order valence-electron chi connectivity index (χ4n) is 2.78. The zero-order valence-corrected chi connectivity index (χ0v) is 11.7. The number of ether oxygens (including phenoxy) is 1. The second-order valence-corrected chi connectivity index (χ2v) is 5.86. The Labute approximate surface area is 113 Å². The standard InChI is InChI=1S/C16H21NO2/c1-16(7-4-8-16)11-17-10-13-9-12-5-3-6-14(18-2)15(12)19-13/h3,5-6,9,17H,4,7-8,10-11H2,1-2H3. The predicted molar refractivity (Wildman–Crippen MR) is 76.4 cm³/mol. The topological polar surface area (TPSA) is 34.4 Å². The van der Waals surface area contributed by atoms with Gasteiger partial charge in [0, 0.05) is 11.9 Å². The molecular weight excluding hydrogens is 238 g/mol. The molecule has 3 heteroatoms. The molecule has 0 bridgehead atoms. The number of methoxy groups -OCH3 is 1. The number of hydrogen-bond donors (Lipinski definition) is 1. The zero-order valence-electron chi connectivity index (χ0n) is 11.7. The minimum absolute atomic E-state index is 0.504. The molecule has 0 atom stereocenters. The first-order valence-electron chi connectivity index (χ1n) is 6.96. The van der Waals surface area contributed by atoms with Gasteiger partial charge in [-0.25, -0.2) is 0 Å². The van der Waals surface area contributed by atoms with Gasteiger partial charge in [0.1, 0.15) is 5.76 Å². The third-order valence-electron chi connectivity index (χ3n) is 4.19. The molecule has 0 amide bonds. The second kappa shape index (κ2) is 4.89. The molecule has 1 N–H and O–H groups in total. The van der Waals surface area contributed by atoms with Gasteiger partial charge in [-0.1, -0.05) is 25.5 Å². The minimum atomic E-state index is 0.504. The Morgan fingerprint density at radius 3 is 2.89 bits per heavy atom. The summed E-state index contributed by atoms with van der Waals surface area (Å²) in [6, 6.07) is 8.06. The number of fused-ring (bicyclic) bond motifs is 1. The molecule has 0 saturated heterocycles. The molecule has 19 heavy (non-hydrogen) atoms. The van der Waals surface area contributed by atoms with Crippen molar-refractivity contribution in [3.63, 3.8) is 0 Å².